The Morgan fingerprint density at radius 2 is 2.22 bits per heavy atom. The highest BCUT2D eigenvalue weighted by atomic mass is 35.5. The molecule has 1 aliphatic rings. The Kier molecular flexibility index (Phi) is 2.96. The van der Waals surface area contributed by atoms with Gasteiger partial charge in [0, 0.05) is 30.2 Å². The first-order valence-electron chi connectivity index (χ1n) is 6.03. The predicted octanol–water partition coefficient (Wildman–Crippen LogP) is 3.15. The van der Waals surface area contributed by atoms with E-state index in [0.29, 0.717) is 11.0 Å². The molecule has 0 aliphatic carbocycles. The van der Waals surface area contributed by atoms with E-state index in [0.717, 1.165) is 37.2 Å². The van der Waals surface area contributed by atoms with E-state index >= 15 is 0 Å². The van der Waals surface area contributed by atoms with E-state index in [4.69, 9.17) is 16.0 Å². The number of nitrogens with zero attached hydrogens (tertiary/aromatic N) is 3. The van der Waals surface area contributed by atoms with Crippen LogP contribution in [0.25, 0.3) is 11.1 Å². The van der Waals surface area contributed by atoms with Gasteiger partial charge in [0.25, 0.3) is 6.01 Å². The SMILES string of the molecule is CC1=NCCN(c2nc3cc(Cl)ccc3o2)CC1. The topological polar surface area (TPSA) is 41.6 Å². The zero-order chi connectivity index (χ0) is 12.5. The molecule has 4 nitrogen and oxygen atoms in total. The van der Waals surface area contributed by atoms with Crippen LogP contribution in [0.4, 0.5) is 6.01 Å². The smallest absolute Gasteiger partial charge is 0.298 e. The van der Waals surface area contributed by atoms with Crippen molar-refractivity contribution in [3.05, 3.63) is 23.2 Å². The zero-order valence-electron chi connectivity index (χ0n) is 10.2. The molecule has 0 saturated carbocycles. The minimum Gasteiger partial charge on any atom is -0.423 e. The summed E-state index contributed by atoms with van der Waals surface area (Å²) in [5, 5.41) is 0.678. The summed E-state index contributed by atoms with van der Waals surface area (Å²) in [4.78, 5) is 11.1. The van der Waals surface area contributed by atoms with Gasteiger partial charge in [0.1, 0.15) is 5.52 Å². The van der Waals surface area contributed by atoms with Crippen molar-refractivity contribution >= 4 is 34.4 Å². The van der Waals surface area contributed by atoms with Crippen LogP contribution in [0.15, 0.2) is 27.6 Å². The molecule has 1 aromatic carbocycles. The molecule has 94 valence electrons. The molecule has 5 heteroatoms. The van der Waals surface area contributed by atoms with Crippen molar-refractivity contribution in [2.24, 2.45) is 4.99 Å². The minimum atomic E-state index is 0.664. The molecule has 2 heterocycles. The van der Waals surface area contributed by atoms with E-state index in [1.807, 2.05) is 18.2 Å². The molecule has 0 fully saturated rings. The summed E-state index contributed by atoms with van der Waals surface area (Å²) in [5.41, 5.74) is 2.77. The van der Waals surface area contributed by atoms with Gasteiger partial charge in [-0.25, -0.2) is 0 Å². The van der Waals surface area contributed by atoms with Gasteiger partial charge < -0.3 is 9.32 Å². The van der Waals surface area contributed by atoms with Gasteiger partial charge in [0.15, 0.2) is 5.58 Å². The maximum Gasteiger partial charge on any atom is 0.298 e. The van der Waals surface area contributed by atoms with Gasteiger partial charge in [-0.3, -0.25) is 4.99 Å². The maximum atomic E-state index is 5.95. The van der Waals surface area contributed by atoms with Crippen LogP contribution in [-0.4, -0.2) is 30.3 Å². The predicted molar refractivity (Wildman–Crippen MR) is 73.8 cm³/mol. The lowest BCUT2D eigenvalue weighted by atomic mass is 10.3. The molecule has 1 aliphatic heterocycles. The van der Waals surface area contributed by atoms with Crippen molar-refractivity contribution in [2.75, 3.05) is 24.5 Å². The Morgan fingerprint density at radius 3 is 3.11 bits per heavy atom. The molecule has 0 N–H and O–H groups in total. The molecule has 0 spiro atoms. The molecule has 0 amide bonds. The summed E-state index contributed by atoms with van der Waals surface area (Å²) in [6.07, 6.45) is 0.958. The number of aromatic nitrogens is 1. The third-order valence-electron chi connectivity index (χ3n) is 3.10. The number of hydrogen-bond donors (Lipinski definition) is 0. The second-order valence-electron chi connectivity index (χ2n) is 4.46. The van der Waals surface area contributed by atoms with Gasteiger partial charge >= 0.3 is 0 Å². The van der Waals surface area contributed by atoms with Crippen LogP contribution >= 0.6 is 11.6 Å². The first kappa shape index (κ1) is 11.5. The third-order valence-corrected chi connectivity index (χ3v) is 3.34. The summed E-state index contributed by atoms with van der Waals surface area (Å²) in [7, 11) is 0. The standard InChI is InChI=1S/C13H14ClN3O/c1-9-4-6-17(7-5-15-9)13-16-11-8-10(14)2-3-12(11)18-13/h2-3,8H,4-7H2,1H3. The molecule has 0 bridgehead atoms. The molecule has 0 saturated heterocycles. The molecule has 0 atom stereocenters. The summed E-state index contributed by atoms with van der Waals surface area (Å²) in [6, 6.07) is 6.16. The van der Waals surface area contributed by atoms with Gasteiger partial charge in [-0.05, 0) is 25.1 Å². The van der Waals surface area contributed by atoms with Crippen LogP contribution in [0.3, 0.4) is 0 Å². The largest absolute Gasteiger partial charge is 0.423 e. The molecule has 3 rings (SSSR count). The van der Waals surface area contributed by atoms with Crippen molar-refractivity contribution in [1.82, 2.24) is 4.98 Å². The van der Waals surface area contributed by atoms with Gasteiger partial charge in [0.05, 0.1) is 6.54 Å². The molecule has 0 unspecified atom stereocenters. The number of fused-ring (bicyclic) bond motifs is 1. The molecule has 2 aromatic rings. The Balaban J connectivity index is 1.90. The Morgan fingerprint density at radius 1 is 1.33 bits per heavy atom. The zero-order valence-corrected chi connectivity index (χ0v) is 10.9. The monoisotopic (exact) mass is 263 g/mol. The fourth-order valence-corrected chi connectivity index (χ4v) is 2.23. The third kappa shape index (κ3) is 2.20. The summed E-state index contributed by atoms with van der Waals surface area (Å²) >= 11 is 5.95. The van der Waals surface area contributed by atoms with Crippen molar-refractivity contribution in [1.29, 1.82) is 0 Å². The number of rotatable bonds is 1. The van der Waals surface area contributed by atoms with Crippen LogP contribution in [-0.2, 0) is 0 Å². The second kappa shape index (κ2) is 4.61. The second-order valence-corrected chi connectivity index (χ2v) is 4.90. The van der Waals surface area contributed by atoms with Crippen LogP contribution in [0.2, 0.25) is 5.02 Å². The van der Waals surface area contributed by atoms with Gasteiger partial charge in [-0.1, -0.05) is 11.6 Å². The van der Waals surface area contributed by atoms with E-state index < -0.39 is 0 Å². The Hall–Kier alpha value is -1.55. The van der Waals surface area contributed by atoms with Crippen LogP contribution in [0.5, 0.6) is 0 Å². The van der Waals surface area contributed by atoms with E-state index in [9.17, 15) is 0 Å². The quantitative estimate of drug-likeness (QED) is 0.794. The van der Waals surface area contributed by atoms with Crippen LogP contribution in [0.1, 0.15) is 13.3 Å². The molecule has 18 heavy (non-hydrogen) atoms. The number of oxazole rings is 1. The fourth-order valence-electron chi connectivity index (χ4n) is 2.06. The normalized spacial score (nSPS) is 16.8. The highest BCUT2D eigenvalue weighted by molar-refractivity contribution is 6.31. The lowest BCUT2D eigenvalue weighted by molar-refractivity contribution is 0.572. The molecule has 0 radical (unpaired) electrons. The summed E-state index contributed by atoms with van der Waals surface area (Å²) in [6.45, 7) is 4.61. The minimum absolute atomic E-state index is 0.664. The van der Waals surface area contributed by atoms with Gasteiger partial charge in [-0.15, -0.1) is 0 Å². The van der Waals surface area contributed by atoms with Crippen molar-refractivity contribution in [2.45, 2.75) is 13.3 Å². The molecule has 1 aromatic heterocycles. The van der Waals surface area contributed by atoms with Crippen LogP contribution < -0.4 is 4.90 Å². The average Bonchev–Trinajstić information content (AvgIpc) is 2.63. The van der Waals surface area contributed by atoms with E-state index in [-0.39, 0.29) is 0 Å². The number of anilines is 1. The molecular weight excluding hydrogens is 250 g/mol. The maximum absolute atomic E-state index is 5.95. The van der Waals surface area contributed by atoms with Gasteiger partial charge in [-0.2, -0.15) is 4.98 Å². The Labute approximate surface area is 110 Å². The van der Waals surface area contributed by atoms with E-state index in [2.05, 4.69) is 21.8 Å². The van der Waals surface area contributed by atoms with Gasteiger partial charge in [0.2, 0.25) is 0 Å². The summed E-state index contributed by atoms with van der Waals surface area (Å²) < 4.78 is 5.76. The summed E-state index contributed by atoms with van der Waals surface area (Å²) in [5.74, 6) is 0. The van der Waals surface area contributed by atoms with E-state index in [1.54, 1.807) is 0 Å². The van der Waals surface area contributed by atoms with E-state index in [1.165, 1.54) is 5.71 Å². The number of aliphatic imine (C=N–C) groups is 1. The lowest BCUT2D eigenvalue weighted by Gasteiger charge is -2.16. The van der Waals surface area contributed by atoms with Crippen molar-refractivity contribution < 1.29 is 4.42 Å². The van der Waals surface area contributed by atoms with Crippen LogP contribution in [0, 0.1) is 0 Å². The van der Waals surface area contributed by atoms with Crippen molar-refractivity contribution in [3.8, 4) is 0 Å². The number of halogens is 1. The first-order chi connectivity index (χ1) is 8.72. The average molecular weight is 264 g/mol. The fraction of sp³-hybridized carbons (Fsp3) is 0.385. The number of benzene rings is 1. The highest BCUT2D eigenvalue weighted by Gasteiger charge is 2.16. The van der Waals surface area contributed by atoms with Crippen molar-refractivity contribution in [3.63, 3.8) is 0 Å². The highest BCUT2D eigenvalue weighted by Crippen LogP contribution is 2.25. The Bertz CT molecular complexity index is 605. The first-order valence-corrected chi connectivity index (χ1v) is 6.41. The molecular formula is C13H14ClN3O. The number of hydrogen-bond acceptors (Lipinski definition) is 4. The lowest BCUT2D eigenvalue weighted by Crippen LogP contribution is -2.26.